The SMILES string of the molecule is O[C@H](c1n[nH]c2c1CCCC2)C(F)(F)F. The molecule has 0 aliphatic heterocycles. The number of nitrogens with zero attached hydrogens (tertiary/aromatic N) is 1. The first-order valence-corrected chi connectivity index (χ1v) is 4.81. The first-order chi connectivity index (χ1) is 7.00. The van der Waals surface area contributed by atoms with E-state index in [-0.39, 0.29) is 5.69 Å². The molecule has 15 heavy (non-hydrogen) atoms. The molecule has 0 saturated carbocycles. The first kappa shape index (κ1) is 10.5. The summed E-state index contributed by atoms with van der Waals surface area (Å²) in [5, 5.41) is 15.2. The van der Waals surface area contributed by atoms with Gasteiger partial charge in [0, 0.05) is 5.69 Å². The van der Waals surface area contributed by atoms with Gasteiger partial charge in [0.2, 0.25) is 0 Å². The molecular weight excluding hydrogens is 209 g/mol. The maximum Gasteiger partial charge on any atom is 0.420 e. The van der Waals surface area contributed by atoms with E-state index in [1.807, 2.05) is 0 Å². The molecule has 1 heterocycles. The van der Waals surface area contributed by atoms with Crippen LogP contribution in [-0.2, 0) is 12.8 Å². The van der Waals surface area contributed by atoms with E-state index in [2.05, 4.69) is 10.2 Å². The Morgan fingerprint density at radius 3 is 2.60 bits per heavy atom. The summed E-state index contributed by atoms with van der Waals surface area (Å²) in [6.07, 6.45) is -4.02. The van der Waals surface area contributed by atoms with Crippen molar-refractivity contribution in [3.63, 3.8) is 0 Å². The molecule has 0 aromatic carbocycles. The van der Waals surface area contributed by atoms with Crippen LogP contribution in [0, 0.1) is 0 Å². The van der Waals surface area contributed by atoms with Gasteiger partial charge in [0.25, 0.3) is 0 Å². The molecule has 0 spiro atoms. The van der Waals surface area contributed by atoms with Crippen molar-refractivity contribution in [2.45, 2.75) is 38.0 Å². The van der Waals surface area contributed by atoms with Crippen LogP contribution in [-0.4, -0.2) is 21.5 Å². The van der Waals surface area contributed by atoms with Gasteiger partial charge in [-0.05, 0) is 31.2 Å². The molecule has 0 amide bonds. The van der Waals surface area contributed by atoms with Crippen molar-refractivity contribution in [3.05, 3.63) is 17.0 Å². The topological polar surface area (TPSA) is 48.9 Å². The first-order valence-electron chi connectivity index (χ1n) is 4.81. The number of H-pyrrole nitrogens is 1. The fourth-order valence-electron chi connectivity index (χ4n) is 1.89. The Labute approximate surface area is 84.3 Å². The van der Waals surface area contributed by atoms with Crippen LogP contribution in [0.5, 0.6) is 0 Å². The molecule has 1 aliphatic rings. The summed E-state index contributed by atoms with van der Waals surface area (Å²) in [6, 6.07) is 0. The van der Waals surface area contributed by atoms with E-state index < -0.39 is 12.3 Å². The highest BCUT2D eigenvalue weighted by Gasteiger charge is 2.42. The van der Waals surface area contributed by atoms with Gasteiger partial charge in [0.15, 0.2) is 6.10 Å². The summed E-state index contributed by atoms with van der Waals surface area (Å²) in [7, 11) is 0. The van der Waals surface area contributed by atoms with Crippen LogP contribution >= 0.6 is 0 Å². The van der Waals surface area contributed by atoms with Crippen molar-refractivity contribution in [2.75, 3.05) is 0 Å². The van der Waals surface area contributed by atoms with Gasteiger partial charge in [-0.25, -0.2) is 0 Å². The van der Waals surface area contributed by atoms with Crippen LogP contribution < -0.4 is 0 Å². The minimum Gasteiger partial charge on any atom is -0.378 e. The zero-order chi connectivity index (χ0) is 11.1. The van der Waals surface area contributed by atoms with Gasteiger partial charge in [0.1, 0.15) is 5.69 Å². The number of hydrogen-bond acceptors (Lipinski definition) is 2. The number of rotatable bonds is 1. The molecule has 1 aromatic rings. The Bertz CT molecular complexity index is 359. The Balaban J connectivity index is 2.33. The maximum absolute atomic E-state index is 12.3. The standard InChI is InChI=1S/C9H11F3N2O/c10-9(11,12)8(15)7-5-3-1-2-4-6(5)13-14-7/h8,15H,1-4H2,(H,13,14)/t8-/m1/s1. The Kier molecular flexibility index (Phi) is 2.46. The number of alkyl halides is 3. The fraction of sp³-hybridized carbons (Fsp3) is 0.667. The minimum atomic E-state index is -4.64. The summed E-state index contributed by atoms with van der Waals surface area (Å²) >= 11 is 0. The normalized spacial score (nSPS) is 18.7. The van der Waals surface area contributed by atoms with Gasteiger partial charge in [-0.15, -0.1) is 0 Å². The summed E-state index contributed by atoms with van der Waals surface area (Å²) in [6.45, 7) is 0. The van der Waals surface area contributed by atoms with Crippen LogP contribution in [0.2, 0.25) is 0 Å². The third-order valence-electron chi connectivity index (χ3n) is 2.66. The summed E-state index contributed by atoms with van der Waals surface area (Å²) < 4.78 is 36.8. The monoisotopic (exact) mass is 220 g/mol. The average Bonchev–Trinajstić information content (AvgIpc) is 2.58. The second kappa shape index (κ2) is 3.52. The predicted octanol–water partition coefficient (Wildman–Crippen LogP) is 1.88. The molecule has 0 fully saturated rings. The van der Waals surface area contributed by atoms with E-state index in [1.165, 1.54) is 0 Å². The maximum atomic E-state index is 12.3. The van der Waals surface area contributed by atoms with E-state index in [1.54, 1.807) is 0 Å². The van der Waals surface area contributed by atoms with Gasteiger partial charge in [-0.3, -0.25) is 5.10 Å². The van der Waals surface area contributed by atoms with E-state index in [9.17, 15) is 13.2 Å². The number of aromatic nitrogens is 2. The molecule has 2 N–H and O–H groups in total. The smallest absolute Gasteiger partial charge is 0.378 e. The summed E-state index contributed by atoms with van der Waals surface area (Å²) in [5.74, 6) is 0. The predicted molar refractivity (Wildman–Crippen MR) is 46.2 cm³/mol. The number of nitrogens with one attached hydrogen (secondary N) is 1. The van der Waals surface area contributed by atoms with E-state index in [0.717, 1.165) is 18.5 Å². The molecule has 0 unspecified atom stereocenters. The quantitative estimate of drug-likeness (QED) is 0.759. The molecule has 84 valence electrons. The molecular formula is C9H11F3N2O. The molecule has 6 heteroatoms. The lowest BCUT2D eigenvalue weighted by Crippen LogP contribution is -2.22. The van der Waals surface area contributed by atoms with Gasteiger partial charge in [-0.2, -0.15) is 18.3 Å². The lowest BCUT2D eigenvalue weighted by atomic mass is 9.94. The Morgan fingerprint density at radius 2 is 1.93 bits per heavy atom. The molecule has 3 nitrogen and oxygen atoms in total. The molecule has 1 aromatic heterocycles. The molecule has 2 rings (SSSR count). The van der Waals surface area contributed by atoms with Gasteiger partial charge >= 0.3 is 6.18 Å². The van der Waals surface area contributed by atoms with Crippen LogP contribution in [0.15, 0.2) is 0 Å². The zero-order valence-electron chi connectivity index (χ0n) is 7.93. The van der Waals surface area contributed by atoms with Crippen LogP contribution in [0.4, 0.5) is 13.2 Å². The van der Waals surface area contributed by atoms with Gasteiger partial charge in [-0.1, -0.05) is 0 Å². The highest BCUT2D eigenvalue weighted by atomic mass is 19.4. The Morgan fingerprint density at radius 1 is 1.27 bits per heavy atom. The number of aliphatic hydroxyl groups excluding tert-OH is 1. The van der Waals surface area contributed by atoms with E-state index in [4.69, 9.17) is 5.11 Å². The van der Waals surface area contributed by atoms with Crippen LogP contribution in [0.3, 0.4) is 0 Å². The van der Waals surface area contributed by atoms with Gasteiger partial charge in [0.05, 0.1) is 0 Å². The molecule has 0 bridgehead atoms. The van der Waals surface area contributed by atoms with Crippen molar-refractivity contribution in [3.8, 4) is 0 Å². The zero-order valence-corrected chi connectivity index (χ0v) is 7.93. The van der Waals surface area contributed by atoms with Crippen molar-refractivity contribution < 1.29 is 18.3 Å². The van der Waals surface area contributed by atoms with Crippen molar-refractivity contribution >= 4 is 0 Å². The largest absolute Gasteiger partial charge is 0.420 e. The van der Waals surface area contributed by atoms with E-state index >= 15 is 0 Å². The number of hydrogen-bond donors (Lipinski definition) is 2. The molecule has 0 saturated heterocycles. The molecule has 0 radical (unpaired) electrons. The summed E-state index contributed by atoms with van der Waals surface area (Å²) in [5.41, 5.74) is 1.03. The van der Waals surface area contributed by atoms with Crippen LogP contribution in [0.25, 0.3) is 0 Å². The third-order valence-corrected chi connectivity index (χ3v) is 2.66. The van der Waals surface area contributed by atoms with Gasteiger partial charge < -0.3 is 5.11 Å². The van der Waals surface area contributed by atoms with Crippen molar-refractivity contribution in [2.24, 2.45) is 0 Å². The van der Waals surface area contributed by atoms with Crippen molar-refractivity contribution in [1.29, 1.82) is 0 Å². The number of aliphatic hydroxyl groups is 1. The lowest BCUT2D eigenvalue weighted by molar-refractivity contribution is -0.208. The van der Waals surface area contributed by atoms with Crippen molar-refractivity contribution in [1.82, 2.24) is 10.2 Å². The molecule has 1 atom stereocenters. The minimum absolute atomic E-state index is 0.253. The fourth-order valence-corrected chi connectivity index (χ4v) is 1.89. The lowest BCUT2D eigenvalue weighted by Gasteiger charge is -2.16. The highest BCUT2D eigenvalue weighted by molar-refractivity contribution is 5.29. The third kappa shape index (κ3) is 1.86. The second-order valence-corrected chi connectivity index (χ2v) is 3.72. The molecule has 1 aliphatic carbocycles. The highest BCUT2D eigenvalue weighted by Crippen LogP contribution is 2.35. The number of fused-ring (bicyclic) bond motifs is 1. The Hall–Kier alpha value is -1.04. The summed E-state index contributed by atoms with van der Waals surface area (Å²) in [4.78, 5) is 0. The van der Waals surface area contributed by atoms with E-state index in [0.29, 0.717) is 18.4 Å². The van der Waals surface area contributed by atoms with Crippen LogP contribution in [0.1, 0.15) is 35.9 Å². The second-order valence-electron chi connectivity index (χ2n) is 3.72. The average molecular weight is 220 g/mol. The number of aryl methyl sites for hydroxylation is 1. The number of halogens is 3. The number of aromatic amines is 1.